The van der Waals surface area contributed by atoms with E-state index in [2.05, 4.69) is 10.1 Å². The lowest BCUT2D eigenvalue weighted by atomic mass is 10.3. The van der Waals surface area contributed by atoms with Crippen molar-refractivity contribution in [2.45, 2.75) is 6.92 Å². The lowest BCUT2D eigenvalue weighted by Gasteiger charge is -2.12. The van der Waals surface area contributed by atoms with Crippen LogP contribution in [-0.4, -0.2) is 41.4 Å². The molecule has 1 heterocycles. The SMILES string of the molecule is CCOC(=O)c1nc(N(C)C)n(-c2cccc(F)c2)n1. The van der Waals surface area contributed by atoms with Gasteiger partial charge in [-0.3, -0.25) is 0 Å². The number of benzene rings is 1. The number of nitrogens with zero attached hydrogens (tertiary/aromatic N) is 4. The summed E-state index contributed by atoms with van der Waals surface area (Å²) < 4.78 is 19.6. The van der Waals surface area contributed by atoms with Crippen LogP contribution in [0.15, 0.2) is 24.3 Å². The Kier molecular flexibility index (Phi) is 3.97. The highest BCUT2D eigenvalue weighted by molar-refractivity contribution is 5.85. The molecule has 0 N–H and O–H groups in total. The van der Waals surface area contributed by atoms with Crippen molar-refractivity contribution in [2.24, 2.45) is 0 Å². The van der Waals surface area contributed by atoms with Gasteiger partial charge in [0.1, 0.15) is 5.82 Å². The fraction of sp³-hybridized carbons (Fsp3) is 0.308. The van der Waals surface area contributed by atoms with Crippen molar-refractivity contribution in [3.05, 3.63) is 35.9 Å². The van der Waals surface area contributed by atoms with Crippen molar-refractivity contribution < 1.29 is 13.9 Å². The summed E-state index contributed by atoms with van der Waals surface area (Å²) in [6.07, 6.45) is 0. The Balaban J connectivity index is 2.48. The van der Waals surface area contributed by atoms with E-state index in [1.54, 1.807) is 38.1 Å². The summed E-state index contributed by atoms with van der Waals surface area (Å²) in [6, 6.07) is 5.90. The number of ether oxygens (including phenoxy) is 1. The van der Waals surface area contributed by atoms with E-state index in [1.165, 1.54) is 16.8 Å². The van der Waals surface area contributed by atoms with Gasteiger partial charge in [0.15, 0.2) is 0 Å². The smallest absolute Gasteiger partial charge is 0.378 e. The highest BCUT2D eigenvalue weighted by Crippen LogP contribution is 2.17. The van der Waals surface area contributed by atoms with Crippen LogP contribution in [0.3, 0.4) is 0 Å². The summed E-state index contributed by atoms with van der Waals surface area (Å²) in [5, 5.41) is 4.08. The summed E-state index contributed by atoms with van der Waals surface area (Å²) in [6.45, 7) is 1.94. The maximum Gasteiger partial charge on any atom is 0.378 e. The third kappa shape index (κ3) is 2.76. The molecule has 0 spiro atoms. The molecule has 1 aromatic carbocycles. The summed E-state index contributed by atoms with van der Waals surface area (Å²) in [4.78, 5) is 17.5. The van der Waals surface area contributed by atoms with Gasteiger partial charge < -0.3 is 9.64 Å². The van der Waals surface area contributed by atoms with Gasteiger partial charge >= 0.3 is 5.97 Å². The fourth-order valence-corrected chi connectivity index (χ4v) is 1.66. The van der Waals surface area contributed by atoms with Crippen LogP contribution < -0.4 is 4.90 Å². The standard InChI is InChI=1S/C13H15FN4O2/c1-4-20-12(19)11-15-13(17(2)3)18(16-11)10-7-5-6-9(14)8-10/h5-8H,4H2,1-3H3. The van der Waals surface area contributed by atoms with Gasteiger partial charge in [-0.1, -0.05) is 6.07 Å². The Morgan fingerprint density at radius 2 is 2.20 bits per heavy atom. The van der Waals surface area contributed by atoms with Crippen LogP contribution in [0.2, 0.25) is 0 Å². The molecule has 20 heavy (non-hydrogen) atoms. The van der Waals surface area contributed by atoms with Crippen LogP contribution >= 0.6 is 0 Å². The van der Waals surface area contributed by atoms with Crippen LogP contribution in [0.1, 0.15) is 17.5 Å². The topological polar surface area (TPSA) is 60.2 Å². The number of rotatable bonds is 4. The molecule has 0 amide bonds. The third-order valence-electron chi connectivity index (χ3n) is 2.50. The zero-order valence-electron chi connectivity index (χ0n) is 11.5. The van der Waals surface area contributed by atoms with Crippen molar-refractivity contribution in [1.82, 2.24) is 14.8 Å². The van der Waals surface area contributed by atoms with E-state index in [4.69, 9.17) is 4.74 Å². The van der Waals surface area contributed by atoms with E-state index in [9.17, 15) is 9.18 Å². The van der Waals surface area contributed by atoms with E-state index >= 15 is 0 Å². The maximum absolute atomic E-state index is 13.3. The van der Waals surface area contributed by atoms with Gasteiger partial charge in [0, 0.05) is 14.1 Å². The number of esters is 1. The summed E-state index contributed by atoms with van der Waals surface area (Å²) in [5.41, 5.74) is 0.483. The Labute approximate surface area is 115 Å². The first kappa shape index (κ1) is 14.0. The zero-order chi connectivity index (χ0) is 14.7. The van der Waals surface area contributed by atoms with E-state index in [0.717, 1.165) is 0 Å². The number of halogens is 1. The van der Waals surface area contributed by atoms with Crippen LogP contribution in [0, 0.1) is 5.82 Å². The number of aromatic nitrogens is 3. The van der Waals surface area contributed by atoms with Gasteiger partial charge in [-0.05, 0) is 25.1 Å². The second-order valence-electron chi connectivity index (χ2n) is 4.24. The molecule has 106 valence electrons. The third-order valence-corrected chi connectivity index (χ3v) is 2.50. The molecule has 2 aromatic rings. The molecule has 1 aromatic heterocycles. The molecule has 7 heteroatoms. The van der Waals surface area contributed by atoms with Crippen molar-refractivity contribution in [2.75, 3.05) is 25.6 Å². The Hall–Kier alpha value is -2.44. The van der Waals surface area contributed by atoms with Gasteiger partial charge in [-0.15, -0.1) is 5.10 Å². The van der Waals surface area contributed by atoms with Crippen LogP contribution in [0.4, 0.5) is 10.3 Å². The number of carbonyl (C=O) groups excluding carboxylic acids is 1. The van der Waals surface area contributed by atoms with Gasteiger partial charge in [-0.25, -0.2) is 9.18 Å². The molecule has 0 aliphatic rings. The average molecular weight is 278 g/mol. The normalized spacial score (nSPS) is 10.4. The molecular formula is C13H15FN4O2. The van der Waals surface area contributed by atoms with Crippen molar-refractivity contribution >= 4 is 11.9 Å². The summed E-state index contributed by atoms with van der Waals surface area (Å²) in [5.74, 6) is -0.635. The first-order valence-electron chi connectivity index (χ1n) is 6.10. The van der Waals surface area contributed by atoms with E-state index in [1.807, 2.05) is 0 Å². The molecule has 6 nitrogen and oxygen atoms in total. The van der Waals surface area contributed by atoms with Crippen LogP contribution in [0.5, 0.6) is 0 Å². The van der Waals surface area contributed by atoms with Gasteiger partial charge in [0.25, 0.3) is 5.82 Å². The van der Waals surface area contributed by atoms with E-state index in [-0.39, 0.29) is 18.2 Å². The minimum absolute atomic E-state index is 0.0557. The largest absolute Gasteiger partial charge is 0.460 e. The quantitative estimate of drug-likeness (QED) is 0.796. The number of hydrogen-bond acceptors (Lipinski definition) is 5. The predicted octanol–water partition coefficient (Wildman–Crippen LogP) is 1.65. The summed E-state index contributed by atoms with van der Waals surface area (Å²) in [7, 11) is 3.52. The monoisotopic (exact) mass is 278 g/mol. The highest BCUT2D eigenvalue weighted by Gasteiger charge is 2.19. The van der Waals surface area contributed by atoms with Gasteiger partial charge in [0.2, 0.25) is 5.95 Å². The molecule has 0 fully saturated rings. The fourth-order valence-electron chi connectivity index (χ4n) is 1.66. The molecule has 0 bridgehead atoms. The van der Waals surface area contributed by atoms with Crippen LogP contribution in [0.25, 0.3) is 5.69 Å². The van der Waals surface area contributed by atoms with Gasteiger partial charge in [-0.2, -0.15) is 9.67 Å². The van der Waals surface area contributed by atoms with Crippen molar-refractivity contribution in [3.8, 4) is 5.69 Å². The number of hydrogen-bond donors (Lipinski definition) is 0. The van der Waals surface area contributed by atoms with Crippen molar-refractivity contribution in [1.29, 1.82) is 0 Å². The molecule has 0 saturated carbocycles. The second kappa shape index (κ2) is 5.68. The maximum atomic E-state index is 13.3. The van der Waals surface area contributed by atoms with E-state index in [0.29, 0.717) is 11.6 Å². The molecule has 2 rings (SSSR count). The predicted molar refractivity (Wildman–Crippen MR) is 71.6 cm³/mol. The Morgan fingerprint density at radius 1 is 1.45 bits per heavy atom. The molecule has 0 radical (unpaired) electrons. The first-order chi connectivity index (χ1) is 9.52. The molecule has 0 aliphatic heterocycles. The zero-order valence-corrected chi connectivity index (χ0v) is 11.5. The molecule has 0 aliphatic carbocycles. The minimum atomic E-state index is -0.606. The molecule has 0 saturated heterocycles. The Bertz CT molecular complexity index is 625. The summed E-state index contributed by atoms with van der Waals surface area (Å²) >= 11 is 0. The number of anilines is 1. The minimum Gasteiger partial charge on any atom is -0.460 e. The molecular weight excluding hydrogens is 263 g/mol. The molecule has 0 unspecified atom stereocenters. The average Bonchev–Trinajstić information content (AvgIpc) is 2.84. The molecule has 0 atom stereocenters. The van der Waals surface area contributed by atoms with Crippen LogP contribution in [-0.2, 0) is 4.74 Å². The lowest BCUT2D eigenvalue weighted by molar-refractivity contribution is 0.0512. The Morgan fingerprint density at radius 3 is 2.80 bits per heavy atom. The highest BCUT2D eigenvalue weighted by atomic mass is 19.1. The second-order valence-corrected chi connectivity index (χ2v) is 4.24. The first-order valence-corrected chi connectivity index (χ1v) is 6.10. The van der Waals surface area contributed by atoms with Gasteiger partial charge in [0.05, 0.1) is 12.3 Å². The lowest BCUT2D eigenvalue weighted by Crippen LogP contribution is -2.15. The van der Waals surface area contributed by atoms with E-state index < -0.39 is 5.97 Å². The number of carbonyl (C=O) groups is 1. The van der Waals surface area contributed by atoms with Crippen molar-refractivity contribution in [3.63, 3.8) is 0 Å².